The van der Waals surface area contributed by atoms with Crippen LogP contribution in [-0.2, 0) is 10.0 Å². The average molecular weight is 353 g/mol. The van der Waals surface area contributed by atoms with E-state index in [1.54, 1.807) is 16.4 Å². The normalized spacial score (nSPS) is 21.9. The fourth-order valence-electron chi connectivity index (χ4n) is 2.28. The summed E-state index contributed by atoms with van der Waals surface area (Å²) in [5.74, 6) is 0. The first-order chi connectivity index (χ1) is 8.41. The van der Waals surface area contributed by atoms with Gasteiger partial charge in [0.1, 0.15) is 4.21 Å². The summed E-state index contributed by atoms with van der Waals surface area (Å²) < 4.78 is 28.0. The number of hydrogen-bond acceptors (Lipinski definition) is 4. The topological polar surface area (TPSA) is 40.6 Å². The zero-order valence-electron chi connectivity index (χ0n) is 10.5. The van der Waals surface area contributed by atoms with Gasteiger partial charge in [-0.1, -0.05) is 0 Å². The second-order valence-corrected chi connectivity index (χ2v) is 9.31. The van der Waals surface area contributed by atoms with Gasteiger partial charge >= 0.3 is 0 Å². The third-order valence-electron chi connectivity index (χ3n) is 3.01. The van der Waals surface area contributed by atoms with Crippen molar-refractivity contribution in [2.24, 2.45) is 0 Å². The Morgan fingerprint density at radius 1 is 1.50 bits per heavy atom. The van der Waals surface area contributed by atoms with Crippen LogP contribution in [0.5, 0.6) is 0 Å². The first kappa shape index (κ1) is 14.5. The van der Waals surface area contributed by atoms with Crippen LogP contribution in [0.15, 0.2) is 20.1 Å². The lowest BCUT2D eigenvalue weighted by atomic mass is 10.2. The lowest BCUT2D eigenvalue weighted by Gasteiger charge is -2.25. The number of rotatable bonds is 4. The highest BCUT2D eigenvalue weighted by Gasteiger charge is 2.36. The van der Waals surface area contributed by atoms with Crippen molar-refractivity contribution in [3.8, 4) is 0 Å². The van der Waals surface area contributed by atoms with E-state index in [2.05, 4.69) is 15.9 Å². The molecule has 0 aromatic carbocycles. The Morgan fingerprint density at radius 3 is 2.78 bits per heavy atom. The van der Waals surface area contributed by atoms with Crippen molar-refractivity contribution in [1.29, 1.82) is 0 Å². The predicted octanol–water partition coefficient (Wildman–Crippen LogP) is 2.23. The van der Waals surface area contributed by atoms with E-state index in [0.29, 0.717) is 10.8 Å². The van der Waals surface area contributed by atoms with Crippen molar-refractivity contribution in [2.45, 2.75) is 23.1 Å². The molecule has 0 N–H and O–H groups in total. The Morgan fingerprint density at radius 2 is 2.22 bits per heavy atom. The number of thiophene rings is 1. The van der Waals surface area contributed by atoms with Gasteiger partial charge in [0.2, 0.25) is 0 Å². The van der Waals surface area contributed by atoms with E-state index in [0.717, 1.165) is 23.2 Å². The molecule has 1 aliphatic heterocycles. The summed E-state index contributed by atoms with van der Waals surface area (Å²) in [6.07, 6.45) is 1.90. The molecule has 2 heterocycles. The molecule has 18 heavy (non-hydrogen) atoms. The zero-order valence-corrected chi connectivity index (χ0v) is 13.7. The molecule has 2 rings (SSSR count). The molecule has 0 amide bonds. The SMILES string of the molecule is CN(C)CC1CCCN1S(=O)(=O)c1ccc(Br)s1. The van der Waals surface area contributed by atoms with Gasteiger partial charge in [-0.2, -0.15) is 4.31 Å². The number of likely N-dealkylation sites (N-methyl/N-ethyl adjacent to an activating group) is 1. The summed E-state index contributed by atoms with van der Waals surface area (Å²) >= 11 is 4.59. The molecule has 102 valence electrons. The molecule has 1 unspecified atom stereocenters. The molecule has 1 aliphatic rings. The highest BCUT2D eigenvalue weighted by molar-refractivity contribution is 9.11. The third-order valence-corrected chi connectivity index (χ3v) is 7.05. The van der Waals surface area contributed by atoms with E-state index < -0.39 is 10.0 Å². The maximum atomic E-state index is 12.5. The minimum atomic E-state index is -3.32. The summed E-state index contributed by atoms with van der Waals surface area (Å²) in [6.45, 7) is 1.42. The molecule has 0 spiro atoms. The number of hydrogen-bond donors (Lipinski definition) is 0. The van der Waals surface area contributed by atoms with Crippen molar-refractivity contribution in [1.82, 2.24) is 9.21 Å². The number of halogens is 1. The Labute approximate surface area is 121 Å². The first-order valence-electron chi connectivity index (χ1n) is 5.83. The number of nitrogens with zero attached hydrogens (tertiary/aromatic N) is 2. The summed E-state index contributed by atoms with van der Waals surface area (Å²) in [6, 6.07) is 3.56. The van der Waals surface area contributed by atoms with Crippen LogP contribution < -0.4 is 0 Å². The summed E-state index contributed by atoms with van der Waals surface area (Å²) in [7, 11) is 0.637. The van der Waals surface area contributed by atoms with E-state index >= 15 is 0 Å². The van der Waals surface area contributed by atoms with Gasteiger partial charge in [0.25, 0.3) is 10.0 Å². The van der Waals surface area contributed by atoms with Crippen LogP contribution in [0.2, 0.25) is 0 Å². The van der Waals surface area contributed by atoms with Gasteiger partial charge < -0.3 is 4.90 Å². The molecule has 1 saturated heterocycles. The van der Waals surface area contributed by atoms with E-state index in [1.807, 2.05) is 19.0 Å². The molecule has 1 aromatic heterocycles. The van der Waals surface area contributed by atoms with Gasteiger partial charge in [0.15, 0.2) is 0 Å². The van der Waals surface area contributed by atoms with Crippen LogP contribution in [0.4, 0.5) is 0 Å². The van der Waals surface area contributed by atoms with Crippen LogP contribution in [0.3, 0.4) is 0 Å². The maximum absolute atomic E-state index is 12.5. The fraction of sp³-hybridized carbons (Fsp3) is 0.636. The smallest absolute Gasteiger partial charge is 0.252 e. The Kier molecular flexibility index (Phi) is 4.48. The standard InChI is InChI=1S/C11H17BrN2O2S2/c1-13(2)8-9-4-3-7-14(9)18(15,16)11-6-5-10(12)17-11/h5-6,9H,3-4,7-8H2,1-2H3. The summed E-state index contributed by atoms with van der Waals surface area (Å²) in [5.41, 5.74) is 0. The molecule has 0 saturated carbocycles. The Bertz CT molecular complexity index is 513. The van der Waals surface area contributed by atoms with Gasteiger partial charge in [-0.15, -0.1) is 11.3 Å². The van der Waals surface area contributed by atoms with E-state index in [-0.39, 0.29) is 6.04 Å². The van der Waals surface area contributed by atoms with Crippen LogP contribution in [0, 0.1) is 0 Å². The monoisotopic (exact) mass is 352 g/mol. The predicted molar refractivity (Wildman–Crippen MR) is 77.5 cm³/mol. The highest BCUT2D eigenvalue weighted by Crippen LogP contribution is 2.32. The molecule has 1 fully saturated rings. The van der Waals surface area contributed by atoms with Crippen molar-refractivity contribution < 1.29 is 8.42 Å². The quantitative estimate of drug-likeness (QED) is 0.834. The molecule has 0 aliphatic carbocycles. The second kappa shape index (κ2) is 5.58. The largest absolute Gasteiger partial charge is 0.308 e. The summed E-state index contributed by atoms with van der Waals surface area (Å²) in [5, 5.41) is 0. The molecule has 0 bridgehead atoms. The molecule has 1 aromatic rings. The van der Waals surface area contributed by atoms with Crippen molar-refractivity contribution in [2.75, 3.05) is 27.2 Å². The van der Waals surface area contributed by atoms with Crippen LogP contribution in [0.1, 0.15) is 12.8 Å². The highest BCUT2D eigenvalue weighted by atomic mass is 79.9. The second-order valence-electron chi connectivity index (χ2n) is 4.73. The first-order valence-corrected chi connectivity index (χ1v) is 8.88. The van der Waals surface area contributed by atoms with Crippen molar-refractivity contribution >= 4 is 37.3 Å². The number of sulfonamides is 1. The van der Waals surface area contributed by atoms with Gasteiger partial charge in [0, 0.05) is 19.1 Å². The fourth-order valence-corrected chi connectivity index (χ4v) is 6.11. The van der Waals surface area contributed by atoms with E-state index in [4.69, 9.17) is 0 Å². The van der Waals surface area contributed by atoms with E-state index in [9.17, 15) is 8.42 Å². The Hall–Kier alpha value is 0.0500. The zero-order chi connectivity index (χ0) is 13.3. The van der Waals surface area contributed by atoms with E-state index in [1.165, 1.54) is 11.3 Å². The minimum Gasteiger partial charge on any atom is -0.308 e. The van der Waals surface area contributed by atoms with Crippen molar-refractivity contribution in [3.05, 3.63) is 15.9 Å². The molecule has 4 nitrogen and oxygen atoms in total. The lowest BCUT2D eigenvalue weighted by Crippen LogP contribution is -2.40. The van der Waals surface area contributed by atoms with Gasteiger partial charge in [-0.25, -0.2) is 8.42 Å². The molecular weight excluding hydrogens is 336 g/mol. The van der Waals surface area contributed by atoms with Crippen LogP contribution >= 0.6 is 27.3 Å². The Balaban J connectivity index is 2.24. The van der Waals surface area contributed by atoms with Gasteiger partial charge in [0.05, 0.1) is 3.79 Å². The van der Waals surface area contributed by atoms with Crippen LogP contribution in [0.25, 0.3) is 0 Å². The minimum absolute atomic E-state index is 0.103. The average Bonchev–Trinajstić information content (AvgIpc) is 2.86. The van der Waals surface area contributed by atoms with Gasteiger partial charge in [-0.05, 0) is 55.0 Å². The summed E-state index contributed by atoms with van der Waals surface area (Å²) in [4.78, 5) is 2.04. The van der Waals surface area contributed by atoms with Crippen molar-refractivity contribution in [3.63, 3.8) is 0 Å². The molecule has 0 radical (unpaired) electrons. The molecular formula is C11H17BrN2O2S2. The lowest BCUT2D eigenvalue weighted by molar-refractivity contribution is 0.291. The van der Waals surface area contributed by atoms with Gasteiger partial charge in [-0.3, -0.25) is 0 Å². The molecule has 7 heteroatoms. The maximum Gasteiger partial charge on any atom is 0.252 e. The van der Waals surface area contributed by atoms with Crippen LogP contribution in [-0.4, -0.2) is 50.8 Å². The third kappa shape index (κ3) is 2.96. The molecule has 1 atom stereocenters.